The Hall–Kier alpha value is -3.22. The van der Waals surface area contributed by atoms with E-state index in [1.54, 1.807) is 17.0 Å². The highest BCUT2D eigenvalue weighted by atomic mass is 16.2. The number of aryl methyl sites for hydroxylation is 1. The number of rotatable bonds is 6. The molecule has 1 aromatic carbocycles. The number of amides is 1. The lowest BCUT2D eigenvalue weighted by molar-refractivity contribution is -0.121. The number of nitrogens with one attached hydrogen (secondary N) is 1. The Kier molecular flexibility index (Phi) is 5.21. The molecule has 0 aliphatic carbocycles. The second kappa shape index (κ2) is 7.57. The van der Waals surface area contributed by atoms with E-state index in [0.29, 0.717) is 17.4 Å². The van der Waals surface area contributed by atoms with Crippen LogP contribution < -0.4 is 10.9 Å². The fourth-order valence-corrected chi connectivity index (χ4v) is 2.99. The standard InChI is InChI=1S/C20H23N5O2/c1-5-10-21-17(26)12-24-20(27)19-15(18(23-24)13(2)3)11-22-25(19)16-9-7-6-8-14(16)4/h5-9,11,13H,1,10,12H2,2-4H3,(H,21,26). The van der Waals surface area contributed by atoms with E-state index in [2.05, 4.69) is 22.1 Å². The molecule has 140 valence electrons. The zero-order chi connectivity index (χ0) is 19.6. The molecule has 0 saturated heterocycles. The van der Waals surface area contributed by atoms with Gasteiger partial charge in [-0.05, 0) is 24.5 Å². The Labute approximate surface area is 157 Å². The Balaban J connectivity index is 2.21. The van der Waals surface area contributed by atoms with Gasteiger partial charge < -0.3 is 5.32 Å². The highest BCUT2D eigenvalue weighted by Crippen LogP contribution is 2.24. The molecule has 2 heterocycles. The van der Waals surface area contributed by atoms with E-state index in [1.165, 1.54) is 4.68 Å². The monoisotopic (exact) mass is 365 g/mol. The summed E-state index contributed by atoms with van der Waals surface area (Å²) in [4.78, 5) is 25.2. The maximum Gasteiger partial charge on any atom is 0.293 e. The van der Waals surface area contributed by atoms with Crippen LogP contribution in [0.25, 0.3) is 16.6 Å². The topological polar surface area (TPSA) is 81.8 Å². The number of aromatic nitrogens is 4. The summed E-state index contributed by atoms with van der Waals surface area (Å²) in [5.74, 6) is -0.217. The molecule has 3 rings (SSSR count). The van der Waals surface area contributed by atoms with E-state index in [9.17, 15) is 9.59 Å². The van der Waals surface area contributed by atoms with Gasteiger partial charge in [0.05, 0.1) is 17.6 Å². The van der Waals surface area contributed by atoms with E-state index < -0.39 is 0 Å². The summed E-state index contributed by atoms with van der Waals surface area (Å²) in [5, 5.41) is 12.3. The van der Waals surface area contributed by atoms with Crippen molar-refractivity contribution in [2.45, 2.75) is 33.2 Å². The Morgan fingerprint density at radius 3 is 2.74 bits per heavy atom. The zero-order valence-corrected chi connectivity index (χ0v) is 15.8. The van der Waals surface area contributed by atoms with Gasteiger partial charge in [-0.2, -0.15) is 10.2 Å². The number of benzene rings is 1. The highest BCUT2D eigenvalue weighted by Gasteiger charge is 2.20. The molecule has 1 N–H and O–H groups in total. The number of carbonyl (C=O) groups is 1. The van der Waals surface area contributed by atoms with Crippen LogP contribution in [0.15, 0.2) is 47.9 Å². The van der Waals surface area contributed by atoms with Crippen molar-refractivity contribution >= 4 is 16.8 Å². The van der Waals surface area contributed by atoms with Crippen molar-refractivity contribution in [3.05, 3.63) is 64.7 Å². The first-order chi connectivity index (χ1) is 12.9. The molecule has 1 amide bonds. The highest BCUT2D eigenvalue weighted by molar-refractivity contribution is 5.83. The van der Waals surface area contributed by atoms with Crippen molar-refractivity contribution < 1.29 is 4.79 Å². The van der Waals surface area contributed by atoms with E-state index in [4.69, 9.17) is 0 Å². The molecule has 27 heavy (non-hydrogen) atoms. The lowest BCUT2D eigenvalue weighted by atomic mass is 10.1. The molecule has 0 saturated carbocycles. The van der Waals surface area contributed by atoms with Crippen LogP contribution in [0.2, 0.25) is 0 Å². The van der Waals surface area contributed by atoms with Crippen LogP contribution in [0.4, 0.5) is 0 Å². The van der Waals surface area contributed by atoms with Crippen molar-refractivity contribution in [2.24, 2.45) is 0 Å². The lowest BCUT2D eigenvalue weighted by Gasteiger charge is -2.12. The predicted molar refractivity (Wildman–Crippen MR) is 105 cm³/mol. The molecular formula is C20H23N5O2. The maximum atomic E-state index is 13.1. The van der Waals surface area contributed by atoms with Gasteiger partial charge in [-0.1, -0.05) is 38.1 Å². The van der Waals surface area contributed by atoms with Crippen LogP contribution in [-0.2, 0) is 11.3 Å². The smallest absolute Gasteiger partial charge is 0.293 e. The van der Waals surface area contributed by atoms with Gasteiger partial charge >= 0.3 is 0 Å². The molecule has 2 aromatic heterocycles. The van der Waals surface area contributed by atoms with Crippen LogP contribution in [0.1, 0.15) is 31.0 Å². The van der Waals surface area contributed by atoms with Gasteiger partial charge in [0, 0.05) is 11.9 Å². The van der Waals surface area contributed by atoms with Gasteiger partial charge in [-0.3, -0.25) is 9.59 Å². The van der Waals surface area contributed by atoms with Crippen LogP contribution in [0.3, 0.4) is 0 Å². The fourth-order valence-electron chi connectivity index (χ4n) is 2.99. The minimum Gasteiger partial charge on any atom is -0.351 e. The van der Waals surface area contributed by atoms with Gasteiger partial charge in [0.15, 0.2) is 0 Å². The molecule has 0 radical (unpaired) electrons. The molecule has 3 aromatic rings. The van der Waals surface area contributed by atoms with Crippen molar-refractivity contribution in [1.29, 1.82) is 0 Å². The first-order valence-corrected chi connectivity index (χ1v) is 8.86. The Morgan fingerprint density at radius 1 is 1.33 bits per heavy atom. The maximum absolute atomic E-state index is 13.1. The van der Waals surface area contributed by atoms with Crippen LogP contribution in [0.5, 0.6) is 0 Å². The van der Waals surface area contributed by atoms with Crippen LogP contribution in [0, 0.1) is 6.92 Å². The molecule has 0 aliphatic heterocycles. The minimum atomic E-state index is -0.344. The first kappa shape index (κ1) is 18.6. The average Bonchev–Trinajstić information content (AvgIpc) is 3.07. The van der Waals surface area contributed by atoms with E-state index in [-0.39, 0.29) is 23.9 Å². The first-order valence-electron chi connectivity index (χ1n) is 8.86. The molecule has 0 atom stereocenters. The fraction of sp³-hybridized carbons (Fsp3) is 0.300. The molecule has 0 unspecified atom stereocenters. The summed E-state index contributed by atoms with van der Waals surface area (Å²) in [5.41, 5.74) is 2.65. The van der Waals surface area contributed by atoms with Gasteiger partial charge in [-0.15, -0.1) is 6.58 Å². The lowest BCUT2D eigenvalue weighted by Crippen LogP contribution is -2.35. The third kappa shape index (κ3) is 3.53. The van der Waals surface area contributed by atoms with Gasteiger partial charge in [0.25, 0.3) is 5.56 Å². The number of hydrogen-bond donors (Lipinski definition) is 1. The zero-order valence-electron chi connectivity index (χ0n) is 15.8. The predicted octanol–water partition coefficient (Wildman–Crippen LogP) is 2.32. The summed E-state index contributed by atoms with van der Waals surface area (Å²) in [6.45, 7) is 9.73. The van der Waals surface area contributed by atoms with Crippen molar-refractivity contribution in [3.63, 3.8) is 0 Å². The largest absolute Gasteiger partial charge is 0.351 e. The number of para-hydroxylation sites is 1. The second-order valence-corrected chi connectivity index (χ2v) is 6.70. The molecule has 0 spiro atoms. The van der Waals surface area contributed by atoms with E-state index in [1.807, 2.05) is 45.0 Å². The van der Waals surface area contributed by atoms with Crippen molar-refractivity contribution in [2.75, 3.05) is 6.54 Å². The van der Waals surface area contributed by atoms with Crippen molar-refractivity contribution in [3.8, 4) is 5.69 Å². The van der Waals surface area contributed by atoms with Gasteiger partial charge in [0.1, 0.15) is 12.1 Å². The van der Waals surface area contributed by atoms with Gasteiger partial charge in [0.2, 0.25) is 5.91 Å². The second-order valence-electron chi connectivity index (χ2n) is 6.70. The molecule has 7 nitrogen and oxygen atoms in total. The molecule has 0 fully saturated rings. The van der Waals surface area contributed by atoms with Crippen molar-refractivity contribution in [1.82, 2.24) is 24.9 Å². The quantitative estimate of drug-likeness (QED) is 0.680. The molecular weight excluding hydrogens is 342 g/mol. The summed E-state index contributed by atoms with van der Waals surface area (Å²) in [7, 11) is 0. The summed E-state index contributed by atoms with van der Waals surface area (Å²) in [6, 6.07) is 7.72. The van der Waals surface area contributed by atoms with E-state index in [0.717, 1.165) is 16.9 Å². The third-order valence-electron chi connectivity index (χ3n) is 4.34. The Bertz CT molecular complexity index is 1060. The summed E-state index contributed by atoms with van der Waals surface area (Å²) < 4.78 is 2.85. The summed E-state index contributed by atoms with van der Waals surface area (Å²) >= 11 is 0. The number of fused-ring (bicyclic) bond motifs is 1. The average molecular weight is 365 g/mol. The number of hydrogen-bond acceptors (Lipinski definition) is 4. The van der Waals surface area contributed by atoms with Crippen LogP contribution >= 0.6 is 0 Å². The van der Waals surface area contributed by atoms with E-state index >= 15 is 0 Å². The molecule has 0 bridgehead atoms. The van der Waals surface area contributed by atoms with Gasteiger partial charge in [-0.25, -0.2) is 9.36 Å². The summed E-state index contributed by atoms with van der Waals surface area (Å²) in [6.07, 6.45) is 3.26. The number of nitrogens with zero attached hydrogens (tertiary/aromatic N) is 4. The third-order valence-corrected chi connectivity index (χ3v) is 4.34. The Morgan fingerprint density at radius 2 is 2.07 bits per heavy atom. The number of carbonyl (C=O) groups excluding carboxylic acids is 1. The normalized spacial score (nSPS) is 11.1. The molecule has 0 aliphatic rings. The van der Waals surface area contributed by atoms with Crippen LogP contribution in [-0.4, -0.2) is 32.0 Å². The minimum absolute atomic E-state index is 0.0742. The SMILES string of the molecule is C=CCNC(=O)Cn1nc(C(C)C)c2cnn(-c3ccccc3C)c2c1=O. The molecule has 7 heteroatoms.